The summed E-state index contributed by atoms with van der Waals surface area (Å²) in [5.74, 6) is -0.278. The van der Waals surface area contributed by atoms with Gasteiger partial charge in [0.2, 0.25) is 11.7 Å². The van der Waals surface area contributed by atoms with Crippen LogP contribution in [-0.2, 0) is 0 Å². The highest BCUT2D eigenvalue weighted by Gasteiger charge is 2.22. The highest BCUT2D eigenvalue weighted by atomic mass is 19.1. The molecule has 5 heteroatoms. The Morgan fingerprint density at radius 2 is 1.71 bits per heavy atom. The van der Waals surface area contributed by atoms with E-state index in [2.05, 4.69) is 16.2 Å². The Morgan fingerprint density at radius 1 is 0.958 bits per heavy atom. The van der Waals surface area contributed by atoms with Gasteiger partial charge in [-0.3, -0.25) is 4.98 Å². The minimum atomic E-state index is -0.278. The van der Waals surface area contributed by atoms with Crippen LogP contribution in [0.2, 0.25) is 0 Å². The van der Waals surface area contributed by atoms with Crippen molar-refractivity contribution in [1.29, 1.82) is 5.26 Å². The van der Waals surface area contributed by atoms with Crippen molar-refractivity contribution >= 4 is 5.52 Å². The highest BCUT2D eigenvalue weighted by Crippen LogP contribution is 2.32. The van der Waals surface area contributed by atoms with E-state index in [1.54, 1.807) is 36.8 Å². The lowest BCUT2D eigenvalue weighted by Gasteiger charge is -2.01. The molecule has 0 bridgehead atoms. The zero-order valence-electron chi connectivity index (χ0n) is 12.6. The molecule has 114 valence electrons. The van der Waals surface area contributed by atoms with Crippen molar-refractivity contribution in [3.8, 4) is 28.5 Å². The van der Waals surface area contributed by atoms with Crippen molar-refractivity contribution in [2.24, 2.45) is 0 Å². The largest absolute Gasteiger partial charge is 0.265 e. The minimum absolute atomic E-state index is 0.278. The van der Waals surface area contributed by atoms with Gasteiger partial charge >= 0.3 is 0 Å². The van der Waals surface area contributed by atoms with Crippen LogP contribution in [0.4, 0.5) is 4.39 Å². The minimum Gasteiger partial charge on any atom is -0.265 e. The molecule has 3 aromatic heterocycles. The van der Waals surface area contributed by atoms with Gasteiger partial charge in [-0.2, -0.15) is 10.4 Å². The van der Waals surface area contributed by atoms with E-state index >= 15 is 0 Å². The molecule has 0 fully saturated rings. The number of aromatic nitrogens is 3. The first-order valence-electron chi connectivity index (χ1n) is 7.40. The molecule has 0 radical (unpaired) electrons. The normalized spacial score (nSPS) is 10.7. The van der Waals surface area contributed by atoms with E-state index in [4.69, 9.17) is 5.26 Å². The van der Waals surface area contributed by atoms with Gasteiger partial charge in [-0.05, 0) is 48.0 Å². The maximum atomic E-state index is 13.3. The number of rotatable bonds is 2. The van der Waals surface area contributed by atoms with Gasteiger partial charge in [0.15, 0.2) is 0 Å². The Hall–Kier alpha value is -3.52. The number of H-pyrrole nitrogens is 1. The number of nitrogens with one attached hydrogen (secondary N) is 1. The molecule has 0 saturated carbocycles. The van der Waals surface area contributed by atoms with Gasteiger partial charge in [-0.25, -0.2) is 4.39 Å². The molecule has 0 saturated heterocycles. The van der Waals surface area contributed by atoms with E-state index in [1.807, 2.05) is 22.7 Å². The van der Waals surface area contributed by atoms with Crippen LogP contribution in [0.15, 0.2) is 67.1 Å². The van der Waals surface area contributed by atoms with Crippen LogP contribution in [0.3, 0.4) is 0 Å². The number of benzene rings is 1. The fourth-order valence-corrected chi connectivity index (χ4v) is 2.80. The predicted octanol–water partition coefficient (Wildman–Crippen LogP) is 3.49. The van der Waals surface area contributed by atoms with Crippen LogP contribution in [0.5, 0.6) is 0 Å². The first kappa shape index (κ1) is 14.1. The molecular weight excluding hydrogens is 303 g/mol. The summed E-state index contributed by atoms with van der Waals surface area (Å²) in [6, 6.07) is 16.0. The lowest BCUT2D eigenvalue weighted by Crippen LogP contribution is -2.22. The molecule has 0 spiro atoms. The number of hydrogen-bond acceptors (Lipinski definition) is 2. The Labute approximate surface area is 137 Å². The number of hydrogen-bond donors (Lipinski definition) is 1. The van der Waals surface area contributed by atoms with E-state index in [0.717, 1.165) is 27.9 Å². The molecular formula is C19H12FN4+. The molecule has 4 rings (SSSR count). The molecule has 1 N–H and O–H groups in total. The quantitative estimate of drug-likeness (QED) is 0.576. The number of pyridine rings is 2. The highest BCUT2D eigenvalue weighted by molar-refractivity contribution is 5.89. The van der Waals surface area contributed by atoms with Crippen LogP contribution in [0, 0.1) is 17.1 Å². The zero-order chi connectivity index (χ0) is 16.5. The van der Waals surface area contributed by atoms with Gasteiger partial charge in [0.25, 0.3) is 0 Å². The third kappa shape index (κ3) is 2.31. The average molecular weight is 315 g/mol. The SMILES string of the molecule is N#Cc1ccc2c(-c3ccncc3)c(-c3ccc(F)cc3)[nH][n+]2c1. The Morgan fingerprint density at radius 3 is 2.42 bits per heavy atom. The smallest absolute Gasteiger partial charge is 0.245 e. The fourth-order valence-electron chi connectivity index (χ4n) is 2.80. The molecule has 0 unspecified atom stereocenters. The first-order chi connectivity index (χ1) is 11.8. The van der Waals surface area contributed by atoms with Gasteiger partial charge in [0.05, 0.1) is 5.56 Å². The van der Waals surface area contributed by atoms with E-state index in [0.29, 0.717) is 5.56 Å². The monoisotopic (exact) mass is 315 g/mol. The average Bonchev–Trinajstić information content (AvgIpc) is 3.01. The summed E-state index contributed by atoms with van der Waals surface area (Å²) in [5.41, 5.74) is 5.18. The van der Waals surface area contributed by atoms with Crippen LogP contribution in [-0.4, -0.2) is 10.1 Å². The fraction of sp³-hybridized carbons (Fsp3) is 0. The predicted molar refractivity (Wildman–Crippen MR) is 87.3 cm³/mol. The van der Waals surface area contributed by atoms with Gasteiger partial charge in [-0.15, -0.1) is 0 Å². The molecule has 4 aromatic rings. The van der Waals surface area contributed by atoms with Gasteiger partial charge in [-0.1, -0.05) is 4.52 Å². The molecule has 3 heterocycles. The molecule has 0 aliphatic carbocycles. The number of fused-ring (bicyclic) bond motifs is 1. The summed E-state index contributed by atoms with van der Waals surface area (Å²) in [4.78, 5) is 4.07. The van der Waals surface area contributed by atoms with Crippen LogP contribution in [0.25, 0.3) is 27.9 Å². The summed E-state index contributed by atoms with van der Waals surface area (Å²) < 4.78 is 15.1. The second-order valence-electron chi connectivity index (χ2n) is 5.39. The molecule has 1 aromatic carbocycles. The topological polar surface area (TPSA) is 56.6 Å². The summed E-state index contributed by atoms with van der Waals surface area (Å²) in [7, 11) is 0. The maximum Gasteiger partial charge on any atom is 0.245 e. The molecule has 0 atom stereocenters. The van der Waals surface area contributed by atoms with Crippen LogP contribution >= 0.6 is 0 Å². The van der Waals surface area contributed by atoms with Crippen molar-refractivity contribution in [3.05, 3.63) is 78.5 Å². The van der Waals surface area contributed by atoms with Crippen molar-refractivity contribution in [1.82, 2.24) is 10.1 Å². The molecule has 0 aliphatic heterocycles. The number of aromatic amines is 1. The molecule has 24 heavy (non-hydrogen) atoms. The van der Waals surface area contributed by atoms with E-state index < -0.39 is 0 Å². The third-order valence-corrected chi connectivity index (χ3v) is 3.92. The van der Waals surface area contributed by atoms with Crippen LogP contribution < -0.4 is 4.52 Å². The summed E-state index contributed by atoms with van der Waals surface area (Å²) in [6.07, 6.45) is 5.21. The van der Waals surface area contributed by atoms with E-state index in [-0.39, 0.29) is 5.82 Å². The number of halogens is 1. The zero-order valence-corrected chi connectivity index (χ0v) is 12.6. The van der Waals surface area contributed by atoms with Gasteiger partial charge < -0.3 is 0 Å². The van der Waals surface area contributed by atoms with E-state index in [1.165, 1.54) is 12.1 Å². The van der Waals surface area contributed by atoms with E-state index in [9.17, 15) is 4.39 Å². The van der Waals surface area contributed by atoms with Crippen molar-refractivity contribution in [3.63, 3.8) is 0 Å². The Balaban J connectivity index is 2.04. The van der Waals surface area contributed by atoms with Gasteiger partial charge in [0.1, 0.15) is 23.1 Å². The summed E-state index contributed by atoms with van der Waals surface area (Å²) >= 11 is 0. The van der Waals surface area contributed by atoms with Crippen molar-refractivity contribution < 1.29 is 8.91 Å². The molecule has 4 nitrogen and oxygen atoms in total. The Kier molecular flexibility index (Phi) is 3.29. The number of nitriles is 1. The maximum absolute atomic E-state index is 13.3. The summed E-state index contributed by atoms with van der Waals surface area (Å²) in [6.45, 7) is 0. The second-order valence-corrected chi connectivity index (χ2v) is 5.39. The number of nitrogens with zero attached hydrogens (tertiary/aromatic N) is 3. The first-order valence-corrected chi connectivity index (χ1v) is 7.40. The van der Waals surface area contributed by atoms with Crippen LogP contribution in [0.1, 0.15) is 5.56 Å². The van der Waals surface area contributed by atoms with Crippen molar-refractivity contribution in [2.45, 2.75) is 0 Å². The standard InChI is InChI=1S/C19H11FN4/c20-16-4-2-15(3-5-16)19-18(14-7-9-22-10-8-14)17-6-1-13(11-21)12-24(17)23-19/h1-10,12H/p+1. The lowest BCUT2D eigenvalue weighted by molar-refractivity contribution is -0.575. The van der Waals surface area contributed by atoms with Crippen molar-refractivity contribution in [2.75, 3.05) is 0 Å². The molecule has 0 amide bonds. The Bertz CT molecular complexity index is 1060. The van der Waals surface area contributed by atoms with Gasteiger partial charge in [0, 0.05) is 24.0 Å². The summed E-state index contributed by atoms with van der Waals surface area (Å²) in [5, 5.41) is 12.4. The third-order valence-electron chi connectivity index (χ3n) is 3.92. The second kappa shape index (κ2) is 5.60. The molecule has 0 aliphatic rings. The lowest BCUT2D eigenvalue weighted by atomic mass is 10.0.